The fraction of sp³-hybridized carbons (Fsp3) is 0.806. The number of quaternary nitrogens is 1. The number of carbonyl (C=O) groups is 2. The first-order valence-corrected chi connectivity index (χ1v) is 15.3. The molecule has 1 aliphatic heterocycles. The normalized spacial score (nSPS) is 15.1. The van der Waals surface area contributed by atoms with Gasteiger partial charge in [-0.1, -0.05) is 96.6 Å². The maximum absolute atomic E-state index is 11.0. The van der Waals surface area contributed by atoms with Gasteiger partial charge < -0.3 is 26.8 Å². The van der Waals surface area contributed by atoms with Gasteiger partial charge in [0.2, 0.25) is 0 Å². The van der Waals surface area contributed by atoms with Crippen LogP contribution in [0.5, 0.6) is 0 Å². The van der Waals surface area contributed by atoms with Crippen LogP contribution in [0, 0.1) is 0 Å². The topological polar surface area (TPSA) is 60.3 Å². The van der Waals surface area contributed by atoms with Crippen LogP contribution in [0.2, 0.25) is 0 Å². The molecule has 0 bridgehead atoms. The molecule has 0 spiro atoms. The molecule has 1 rings (SSSR count). The second-order valence-electron chi connectivity index (χ2n) is 10.6. The summed E-state index contributed by atoms with van der Waals surface area (Å²) in [6, 6.07) is 0. The lowest BCUT2D eigenvalue weighted by molar-refractivity contribution is -0.892. The Bertz CT molecular complexity index is 552. The summed E-state index contributed by atoms with van der Waals surface area (Å²) < 4.78 is 10.00. The molecule has 38 heavy (non-hydrogen) atoms. The van der Waals surface area contributed by atoms with Gasteiger partial charge >= 0.3 is 11.9 Å². The molecule has 1 atom stereocenters. The Balaban J connectivity index is 0.0000137. The Hall–Kier alpha value is -1.37. The largest absolute Gasteiger partial charge is 1.00 e. The number of carbonyl (C=O) groups excluding carboxylic acids is 2. The second-order valence-corrected chi connectivity index (χ2v) is 10.6. The Kier molecular flexibility index (Phi) is 26.2. The summed E-state index contributed by atoms with van der Waals surface area (Å²) in [6.45, 7) is 14.4. The van der Waals surface area contributed by atoms with Gasteiger partial charge in [0, 0.05) is 18.7 Å². The van der Waals surface area contributed by atoms with Crippen molar-refractivity contribution >= 4 is 11.9 Å². The molecular weight excluding hydrogens is 500 g/mol. The minimum absolute atomic E-state index is 0. The van der Waals surface area contributed by atoms with Gasteiger partial charge in [0.1, 0.15) is 6.67 Å². The zero-order chi connectivity index (χ0) is 26.8. The first kappa shape index (κ1) is 36.6. The highest BCUT2D eigenvalue weighted by atomic mass is 35.5. The van der Waals surface area contributed by atoms with Gasteiger partial charge in [-0.25, -0.2) is 9.59 Å². The van der Waals surface area contributed by atoms with E-state index in [4.69, 9.17) is 9.47 Å². The fourth-order valence-corrected chi connectivity index (χ4v) is 5.04. The summed E-state index contributed by atoms with van der Waals surface area (Å²) in [4.78, 5) is 26.4. The molecule has 0 radical (unpaired) electrons. The molecule has 222 valence electrons. The molecule has 1 aliphatic rings. The van der Waals surface area contributed by atoms with Gasteiger partial charge in [0.05, 0.1) is 32.8 Å². The van der Waals surface area contributed by atoms with Crippen LogP contribution in [-0.4, -0.2) is 62.9 Å². The van der Waals surface area contributed by atoms with E-state index < -0.39 is 0 Å². The van der Waals surface area contributed by atoms with Gasteiger partial charge in [-0.05, 0) is 32.1 Å². The number of hydrogen-bond donors (Lipinski definition) is 1. The first-order chi connectivity index (χ1) is 18.2. The van der Waals surface area contributed by atoms with Crippen molar-refractivity contribution in [1.82, 2.24) is 4.90 Å². The summed E-state index contributed by atoms with van der Waals surface area (Å²) in [5.74, 6) is -0.617. The molecule has 0 aliphatic carbocycles. The van der Waals surface area contributed by atoms with Crippen molar-refractivity contribution in [2.45, 2.75) is 116 Å². The van der Waals surface area contributed by atoms with E-state index in [0.29, 0.717) is 13.2 Å². The lowest BCUT2D eigenvalue weighted by atomic mass is 10.1. The third-order valence-electron chi connectivity index (χ3n) is 7.34. The average molecular weight is 557 g/mol. The van der Waals surface area contributed by atoms with Gasteiger partial charge in [-0.3, -0.25) is 4.90 Å². The van der Waals surface area contributed by atoms with Crippen molar-refractivity contribution in [1.29, 1.82) is 0 Å². The zero-order valence-electron chi connectivity index (χ0n) is 24.2. The van der Waals surface area contributed by atoms with Crippen molar-refractivity contribution in [3.05, 3.63) is 25.3 Å². The van der Waals surface area contributed by atoms with Crippen LogP contribution in [0.25, 0.3) is 0 Å². The molecular formula is C31H57ClN2O4. The molecule has 0 amide bonds. The van der Waals surface area contributed by atoms with Crippen LogP contribution >= 0.6 is 0 Å². The number of hydrogen-bond acceptors (Lipinski definition) is 5. The van der Waals surface area contributed by atoms with Gasteiger partial charge in [-0.2, -0.15) is 0 Å². The molecule has 1 heterocycles. The molecule has 0 aromatic heterocycles. The van der Waals surface area contributed by atoms with E-state index in [0.717, 1.165) is 25.7 Å². The van der Waals surface area contributed by atoms with E-state index in [1.165, 1.54) is 135 Å². The van der Waals surface area contributed by atoms with Crippen LogP contribution in [0.15, 0.2) is 25.3 Å². The molecule has 0 aromatic rings. The van der Waals surface area contributed by atoms with Crippen molar-refractivity contribution in [2.75, 3.05) is 46.1 Å². The number of halogens is 1. The van der Waals surface area contributed by atoms with Gasteiger partial charge in [0.15, 0.2) is 0 Å². The SMILES string of the molecule is C=CC(=O)OCCCCCCCCCCCN1CC[NH+](CCCCCCCCCCCOC(=O)C=C)C1.[Cl-]. The van der Waals surface area contributed by atoms with Crippen LogP contribution in [0.3, 0.4) is 0 Å². The second kappa shape index (κ2) is 27.2. The van der Waals surface area contributed by atoms with E-state index in [-0.39, 0.29) is 24.3 Å². The van der Waals surface area contributed by atoms with Crippen LogP contribution in [-0.2, 0) is 19.1 Å². The van der Waals surface area contributed by atoms with Crippen LogP contribution in [0.4, 0.5) is 0 Å². The van der Waals surface area contributed by atoms with Crippen LogP contribution in [0.1, 0.15) is 116 Å². The molecule has 6 nitrogen and oxygen atoms in total. The Morgan fingerprint density at radius 1 is 0.632 bits per heavy atom. The van der Waals surface area contributed by atoms with Crippen molar-refractivity contribution < 1.29 is 36.4 Å². The first-order valence-electron chi connectivity index (χ1n) is 15.3. The average Bonchev–Trinajstić information content (AvgIpc) is 3.36. The van der Waals surface area contributed by atoms with E-state index in [1.807, 2.05) is 0 Å². The van der Waals surface area contributed by atoms with Crippen LogP contribution < -0.4 is 17.3 Å². The number of nitrogens with one attached hydrogen (secondary N) is 1. The minimum Gasteiger partial charge on any atom is -1.00 e. The Labute approximate surface area is 240 Å². The smallest absolute Gasteiger partial charge is 0.330 e. The summed E-state index contributed by atoms with van der Waals surface area (Å²) in [5, 5.41) is 0. The molecule has 1 fully saturated rings. The third-order valence-corrected chi connectivity index (χ3v) is 7.34. The minimum atomic E-state index is -0.309. The summed E-state index contributed by atoms with van der Waals surface area (Å²) in [7, 11) is 0. The number of rotatable bonds is 26. The number of nitrogens with zero attached hydrogens (tertiary/aromatic N) is 1. The number of unbranched alkanes of at least 4 members (excludes halogenated alkanes) is 16. The summed E-state index contributed by atoms with van der Waals surface area (Å²) >= 11 is 0. The predicted molar refractivity (Wildman–Crippen MR) is 153 cm³/mol. The highest BCUT2D eigenvalue weighted by Gasteiger charge is 2.22. The molecule has 0 aromatic carbocycles. The van der Waals surface area contributed by atoms with Gasteiger partial charge in [0.25, 0.3) is 0 Å². The van der Waals surface area contributed by atoms with E-state index >= 15 is 0 Å². The third kappa shape index (κ3) is 22.6. The maximum Gasteiger partial charge on any atom is 0.330 e. The van der Waals surface area contributed by atoms with Crippen molar-refractivity contribution in [3.8, 4) is 0 Å². The zero-order valence-corrected chi connectivity index (χ0v) is 25.0. The Morgan fingerprint density at radius 3 is 1.47 bits per heavy atom. The monoisotopic (exact) mass is 556 g/mol. The van der Waals surface area contributed by atoms with E-state index in [1.54, 1.807) is 4.90 Å². The number of ether oxygens (including phenoxy) is 2. The highest BCUT2D eigenvalue weighted by Crippen LogP contribution is 2.11. The lowest BCUT2D eigenvalue weighted by Gasteiger charge is -2.15. The van der Waals surface area contributed by atoms with E-state index in [2.05, 4.69) is 18.1 Å². The molecule has 1 saturated heterocycles. The van der Waals surface area contributed by atoms with Crippen molar-refractivity contribution in [2.24, 2.45) is 0 Å². The predicted octanol–water partition coefficient (Wildman–Crippen LogP) is 2.63. The number of esters is 2. The fourth-order valence-electron chi connectivity index (χ4n) is 5.04. The molecule has 1 unspecified atom stereocenters. The van der Waals surface area contributed by atoms with Crippen molar-refractivity contribution in [3.63, 3.8) is 0 Å². The quantitative estimate of drug-likeness (QED) is 0.101. The lowest BCUT2D eigenvalue weighted by Crippen LogP contribution is -3.10. The Morgan fingerprint density at radius 2 is 1.03 bits per heavy atom. The molecule has 7 heteroatoms. The van der Waals surface area contributed by atoms with Gasteiger partial charge in [-0.15, -0.1) is 0 Å². The van der Waals surface area contributed by atoms with E-state index in [9.17, 15) is 9.59 Å². The maximum atomic E-state index is 11.0. The standard InChI is InChI=1S/C31H56N2O4.ClH/c1-3-30(34)36-27-21-17-13-9-5-7-11-15-19-23-32-25-26-33(29-32)24-20-16-12-8-6-10-14-18-22-28-37-31(35)4-2;/h3-4H,1-2,5-29H2;1H. The molecule has 0 saturated carbocycles. The summed E-state index contributed by atoms with van der Waals surface area (Å²) in [6.07, 6.45) is 25.4. The molecule has 1 N–H and O–H groups in total. The highest BCUT2D eigenvalue weighted by molar-refractivity contribution is 5.81. The summed E-state index contributed by atoms with van der Waals surface area (Å²) in [5.41, 5.74) is 0.